The van der Waals surface area contributed by atoms with E-state index in [0.717, 1.165) is 0 Å². The van der Waals surface area contributed by atoms with Gasteiger partial charge in [-0.1, -0.05) is 19.9 Å². The predicted octanol–water partition coefficient (Wildman–Crippen LogP) is 1.88. The van der Waals surface area contributed by atoms with E-state index in [4.69, 9.17) is 10.2 Å². The third kappa shape index (κ3) is 8.19. The van der Waals surface area contributed by atoms with E-state index >= 15 is 0 Å². The first kappa shape index (κ1) is 19.2. The highest BCUT2D eigenvalue weighted by atomic mass is 16.4. The molecule has 5 N–H and O–H groups in total. The first-order valence-electron chi connectivity index (χ1n) is 6.86. The molecule has 0 saturated carbocycles. The SMILES string of the molecule is C=CC(O)C(CC(C)(C)CCNC(=O)O)C(C)NC(=O)O. The van der Waals surface area contributed by atoms with Crippen molar-refractivity contribution in [3.05, 3.63) is 12.7 Å². The first-order valence-corrected chi connectivity index (χ1v) is 6.86. The van der Waals surface area contributed by atoms with Gasteiger partial charge in [0, 0.05) is 18.5 Å². The zero-order valence-electron chi connectivity index (χ0n) is 12.8. The van der Waals surface area contributed by atoms with Crippen LogP contribution in [0.25, 0.3) is 0 Å². The summed E-state index contributed by atoms with van der Waals surface area (Å²) in [7, 11) is 0. The molecular weight excluding hydrogens is 276 g/mol. The molecule has 21 heavy (non-hydrogen) atoms. The van der Waals surface area contributed by atoms with Crippen LogP contribution in [0.4, 0.5) is 9.59 Å². The second-order valence-electron chi connectivity index (χ2n) is 5.98. The summed E-state index contributed by atoms with van der Waals surface area (Å²) in [5.41, 5.74) is -0.258. The van der Waals surface area contributed by atoms with Crippen molar-refractivity contribution in [3.63, 3.8) is 0 Å². The lowest BCUT2D eigenvalue weighted by Crippen LogP contribution is -2.44. The molecular formula is C14H26N2O5. The fourth-order valence-electron chi connectivity index (χ4n) is 2.32. The maximum absolute atomic E-state index is 10.7. The monoisotopic (exact) mass is 302 g/mol. The molecule has 0 aromatic carbocycles. The van der Waals surface area contributed by atoms with Crippen LogP contribution in [-0.2, 0) is 0 Å². The molecule has 2 amide bonds. The first-order chi connectivity index (χ1) is 9.59. The molecule has 0 rings (SSSR count). The maximum atomic E-state index is 10.7. The summed E-state index contributed by atoms with van der Waals surface area (Å²) in [6.45, 7) is 9.44. The van der Waals surface area contributed by atoms with Gasteiger partial charge in [0.25, 0.3) is 0 Å². The third-order valence-corrected chi connectivity index (χ3v) is 3.54. The topological polar surface area (TPSA) is 119 Å². The second-order valence-corrected chi connectivity index (χ2v) is 5.98. The van der Waals surface area contributed by atoms with Crippen molar-refractivity contribution in [1.29, 1.82) is 0 Å². The van der Waals surface area contributed by atoms with Gasteiger partial charge in [-0.25, -0.2) is 9.59 Å². The lowest BCUT2D eigenvalue weighted by atomic mass is 9.75. The molecule has 0 aromatic rings. The summed E-state index contributed by atoms with van der Waals surface area (Å²) >= 11 is 0. The van der Waals surface area contributed by atoms with E-state index in [-0.39, 0.29) is 11.3 Å². The van der Waals surface area contributed by atoms with Crippen LogP contribution in [0, 0.1) is 11.3 Å². The number of aliphatic hydroxyl groups is 1. The normalized spacial score (nSPS) is 15.6. The summed E-state index contributed by atoms with van der Waals surface area (Å²) in [5, 5.41) is 32.0. The lowest BCUT2D eigenvalue weighted by Gasteiger charge is -2.34. The smallest absolute Gasteiger partial charge is 0.404 e. The number of carbonyl (C=O) groups is 2. The quantitative estimate of drug-likeness (QED) is 0.417. The minimum Gasteiger partial charge on any atom is -0.465 e. The summed E-state index contributed by atoms with van der Waals surface area (Å²) in [6, 6.07) is -0.442. The van der Waals surface area contributed by atoms with E-state index in [1.807, 2.05) is 13.8 Å². The van der Waals surface area contributed by atoms with Crippen molar-refractivity contribution in [2.45, 2.75) is 45.8 Å². The largest absolute Gasteiger partial charge is 0.465 e. The number of hydrogen-bond acceptors (Lipinski definition) is 3. The van der Waals surface area contributed by atoms with Gasteiger partial charge in [-0.15, -0.1) is 6.58 Å². The van der Waals surface area contributed by atoms with Crippen LogP contribution in [0.1, 0.15) is 33.6 Å². The number of nitrogens with one attached hydrogen (secondary N) is 2. The summed E-state index contributed by atoms with van der Waals surface area (Å²) in [6.07, 6.45) is -0.555. The third-order valence-electron chi connectivity index (χ3n) is 3.54. The fraction of sp³-hybridized carbons (Fsp3) is 0.714. The Labute approximate surface area is 125 Å². The summed E-state index contributed by atoms with van der Waals surface area (Å²) < 4.78 is 0. The molecule has 0 aliphatic heterocycles. The van der Waals surface area contributed by atoms with E-state index in [0.29, 0.717) is 19.4 Å². The second kappa shape index (κ2) is 8.51. The Bertz CT molecular complexity index is 370. The minimum atomic E-state index is -1.14. The molecule has 0 aliphatic rings. The number of aliphatic hydroxyl groups excluding tert-OH is 1. The Morgan fingerprint density at radius 3 is 2.29 bits per heavy atom. The zero-order chi connectivity index (χ0) is 16.6. The van der Waals surface area contributed by atoms with Crippen LogP contribution in [0.5, 0.6) is 0 Å². The van der Waals surface area contributed by atoms with Gasteiger partial charge in [-0.2, -0.15) is 0 Å². The number of carboxylic acid groups (broad SMARTS) is 2. The van der Waals surface area contributed by atoms with Crippen molar-refractivity contribution < 1.29 is 24.9 Å². The maximum Gasteiger partial charge on any atom is 0.404 e. The molecule has 3 atom stereocenters. The number of hydrogen-bond donors (Lipinski definition) is 5. The van der Waals surface area contributed by atoms with E-state index < -0.39 is 24.3 Å². The van der Waals surface area contributed by atoms with Gasteiger partial charge in [-0.05, 0) is 25.2 Å². The van der Waals surface area contributed by atoms with Crippen LogP contribution in [0.2, 0.25) is 0 Å². The molecule has 122 valence electrons. The van der Waals surface area contributed by atoms with Crippen LogP contribution in [-0.4, -0.2) is 46.2 Å². The predicted molar refractivity (Wildman–Crippen MR) is 79.4 cm³/mol. The van der Waals surface area contributed by atoms with Crippen molar-refractivity contribution in [1.82, 2.24) is 10.6 Å². The standard InChI is InChI=1S/C14H26N2O5/c1-5-11(17)10(9(2)16-13(20)21)8-14(3,4)6-7-15-12(18)19/h5,9-11,15-17H,1,6-8H2,2-4H3,(H,18,19)(H,20,21). The average Bonchev–Trinajstić information content (AvgIpc) is 2.33. The van der Waals surface area contributed by atoms with Gasteiger partial charge in [0.1, 0.15) is 0 Å². The molecule has 0 bridgehead atoms. The Hall–Kier alpha value is -1.76. The van der Waals surface area contributed by atoms with Crippen molar-refractivity contribution in [2.24, 2.45) is 11.3 Å². The highest BCUT2D eigenvalue weighted by Crippen LogP contribution is 2.32. The molecule has 0 aromatic heterocycles. The van der Waals surface area contributed by atoms with Gasteiger partial charge < -0.3 is 26.0 Å². The van der Waals surface area contributed by atoms with Crippen LogP contribution < -0.4 is 10.6 Å². The molecule has 0 radical (unpaired) electrons. The van der Waals surface area contributed by atoms with Gasteiger partial charge >= 0.3 is 12.2 Å². The van der Waals surface area contributed by atoms with E-state index in [2.05, 4.69) is 17.2 Å². The summed E-state index contributed by atoms with van der Waals surface area (Å²) in [4.78, 5) is 21.2. The molecule has 7 nitrogen and oxygen atoms in total. The van der Waals surface area contributed by atoms with Crippen LogP contribution in [0.3, 0.4) is 0 Å². The molecule has 0 aliphatic carbocycles. The molecule has 0 spiro atoms. The number of rotatable bonds is 9. The molecule has 3 unspecified atom stereocenters. The lowest BCUT2D eigenvalue weighted by molar-refractivity contribution is 0.0867. The Morgan fingerprint density at radius 1 is 1.29 bits per heavy atom. The number of amides is 2. The van der Waals surface area contributed by atoms with Gasteiger partial charge in [0.05, 0.1) is 6.10 Å². The highest BCUT2D eigenvalue weighted by molar-refractivity contribution is 5.65. The summed E-state index contributed by atoms with van der Waals surface area (Å²) in [5.74, 6) is -0.335. The average molecular weight is 302 g/mol. The Balaban J connectivity index is 4.73. The highest BCUT2D eigenvalue weighted by Gasteiger charge is 2.31. The van der Waals surface area contributed by atoms with E-state index in [9.17, 15) is 14.7 Å². The van der Waals surface area contributed by atoms with Gasteiger partial charge in [-0.3, -0.25) is 0 Å². The van der Waals surface area contributed by atoms with Gasteiger partial charge in [0.2, 0.25) is 0 Å². The fourth-order valence-corrected chi connectivity index (χ4v) is 2.32. The molecule has 0 heterocycles. The molecule has 0 fully saturated rings. The zero-order valence-corrected chi connectivity index (χ0v) is 12.8. The Morgan fingerprint density at radius 2 is 1.86 bits per heavy atom. The molecule has 0 saturated heterocycles. The van der Waals surface area contributed by atoms with Crippen LogP contribution >= 0.6 is 0 Å². The molecule has 7 heteroatoms. The van der Waals surface area contributed by atoms with Crippen molar-refractivity contribution in [3.8, 4) is 0 Å². The van der Waals surface area contributed by atoms with E-state index in [1.165, 1.54) is 6.08 Å². The minimum absolute atomic E-state index is 0.258. The van der Waals surface area contributed by atoms with Crippen LogP contribution in [0.15, 0.2) is 12.7 Å². The van der Waals surface area contributed by atoms with Crippen molar-refractivity contribution in [2.75, 3.05) is 6.54 Å². The van der Waals surface area contributed by atoms with Gasteiger partial charge in [0.15, 0.2) is 0 Å². The van der Waals surface area contributed by atoms with E-state index in [1.54, 1.807) is 6.92 Å². The Kier molecular flexibility index (Phi) is 7.80. The van der Waals surface area contributed by atoms with Crippen molar-refractivity contribution >= 4 is 12.2 Å².